The van der Waals surface area contributed by atoms with E-state index in [0.717, 1.165) is 12.2 Å². The number of ether oxygens (including phenoxy) is 3. The van der Waals surface area contributed by atoms with Crippen LogP contribution in [-0.2, 0) is 20.9 Å². The molecule has 1 rings (SSSR count). The summed E-state index contributed by atoms with van der Waals surface area (Å²) in [6, 6.07) is 3.33. The number of esters is 1. The van der Waals surface area contributed by atoms with E-state index in [-0.39, 0.29) is 18.3 Å². The second-order valence-corrected chi connectivity index (χ2v) is 5.37. The molecule has 0 bridgehead atoms. The molecule has 136 valence electrons. The average Bonchev–Trinajstić information content (AvgIpc) is 2.58. The number of carbonyl (C=O) groups excluding carboxylic acids is 2. The van der Waals surface area contributed by atoms with E-state index in [1.54, 1.807) is 19.1 Å². The zero-order chi connectivity index (χ0) is 18.8. The summed E-state index contributed by atoms with van der Waals surface area (Å²) < 4.78 is 15.0. The van der Waals surface area contributed by atoms with E-state index >= 15 is 0 Å². The average molecular weight is 387 g/mol. The van der Waals surface area contributed by atoms with Crippen molar-refractivity contribution in [1.29, 1.82) is 0 Å². The number of rotatable bonds is 7. The van der Waals surface area contributed by atoms with E-state index in [9.17, 15) is 9.59 Å². The normalized spacial score (nSPS) is 10.2. The molecular formula is C16H19ClN2O5S. The van der Waals surface area contributed by atoms with E-state index in [1.165, 1.54) is 14.2 Å². The first kappa shape index (κ1) is 20.7. The van der Waals surface area contributed by atoms with Gasteiger partial charge in [-0.2, -0.15) is 0 Å². The molecule has 1 amide bonds. The van der Waals surface area contributed by atoms with Crippen LogP contribution in [0.5, 0.6) is 11.5 Å². The summed E-state index contributed by atoms with van der Waals surface area (Å²) in [6.45, 7) is 2.17. The first-order valence-corrected chi connectivity index (χ1v) is 8.03. The van der Waals surface area contributed by atoms with Crippen LogP contribution in [-0.4, -0.2) is 37.8 Å². The Morgan fingerprint density at radius 2 is 1.84 bits per heavy atom. The second kappa shape index (κ2) is 10.5. The molecule has 0 aliphatic rings. The minimum atomic E-state index is -0.603. The van der Waals surface area contributed by atoms with Gasteiger partial charge in [0.15, 0.2) is 16.6 Å². The minimum Gasteiger partial charge on any atom is -0.493 e. The zero-order valence-corrected chi connectivity index (χ0v) is 15.6. The van der Waals surface area contributed by atoms with Gasteiger partial charge < -0.3 is 19.5 Å². The fourth-order valence-electron chi connectivity index (χ4n) is 1.74. The van der Waals surface area contributed by atoms with E-state index in [2.05, 4.69) is 15.4 Å². The number of nitrogens with one attached hydrogen (secondary N) is 2. The molecule has 7 nitrogen and oxygen atoms in total. The van der Waals surface area contributed by atoms with Gasteiger partial charge in [0, 0.05) is 29.8 Å². The van der Waals surface area contributed by atoms with Gasteiger partial charge in [-0.15, -0.1) is 0 Å². The predicted octanol–water partition coefficient (Wildman–Crippen LogP) is 1.97. The lowest BCUT2D eigenvalue weighted by atomic mass is 10.2. The first-order chi connectivity index (χ1) is 11.9. The van der Waals surface area contributed by atoms with Crippen molar-refractivity contribution in [1.82, 2.24) is 10.6 Å². The lowest BCUT2D eigenvalue weighted by Crippen LogP contribution is -2.38. The van der Waals surface area contributed by atoms with Gasteiger partial charge in [0.2, 0.25) is 5.91 Å². The van der Waals surface area contributed by atoms with Crippen LogP contribution >= 0.6 is 23.8 Å². The van der Waals surface area contributed by atoms with E-state index < -0.39 is 11.9 Å². The van der Waals surface area contributed by atoms with E-state index in [1.807, 2.05) is 0 Å². The maximum atomic E-state index is 11.6. The Labute approximate surface area is 156 Å². The molecule has 0 fully saturated rings. The molecule has 1 aromatic carbocycles. The zero-order valence-electron chi connectivity index (χ0n) is 14.1. The standard InChI is InChI=1S/C16H19ClN2O5S/c1-4-24-15(21)6-5-14(20)19-16(25)18-9-10-7-12(22-2)13(23-3)8-11(10)17/h5-8H,4,9H2,1-3H3,(H2,18,19,20,25)/b6-5+. The minimum absolute atomic E-state index is 0.0874. The Morgan fingerprint density at radius 1 is 1.20 bits per heavy atom. The summed E-state index contributed by atoms with van der Waals surface area (Å²) in [5.41, 5.74) is 0.706. The molecule has 0 saturated carbocycles. The molecular weight excluding hydrogens is 368 g/mol. The quantitative estimate of drug-likeness (QED) is 0.421. The van der Waals surface area contributed by atoms with Crippen molar-refractivity contribution < 1.29 is 23.8 Å². The monoisotopic (exact) mass is 386 g/mol. The molecule has 25 heavy (non-hydrogen) atoms. The molecule has 1 aromatic rings. The highest BCUT2D eigenvalue weighted by Crippen LogP contribution is 2.32. The van der Waals surface area contributed by atoms with Crippen LogP contribution in [0.4, 0.5) is 0 Å². The van der Waals surface area contributed by atoms with Gasteiger partial charge in [-0.3, -0.25) is 10.1 Å². The van der Waals surface area contributed by atoms with Gasteiger partial charge in [0.25, 0.3) is 0 Å². The maximum absolute atomic E-state index is 11.6. The summed E-state index contributed by atoms with van der Waals surface area (Å²) >= 11 is 11.2. The van der Waals surface area contributed by atoms with Crippen molar-refractivity contribution in [3.05, 3.63) is 34.9 Å². The summed E-state index contributed by atoms with van der Waals surface area (Å²) in [7, 11) is 3.03. The number of amides is 1. The molecule has 0 heterocycles. The number of benzene rings is 1. The molecule has 0 atom stereocenters. The van der Waals surface area contributed by atoms with Crippen LogP contribution < -0.4 is 20.1 Å². The van der Waals surface area contributed by atoms with E-state index in [4.69, 9.17) is 33.3 Å². The van der Waals surface area contributed by atoms with Crippen molar-refractivity contribution in [2.45, 2.75) is 13.5 Å². The van der Waals surface area contributed by atoms with Crippen LogP contribution in [0, 0.1) is 0 Å². The van der Waals surface area contributed by atoms with Gasteiger partial charge >= 0.3 is 5.97 Å². The van der Waals surface area contributed by atoms with Crippen LogP contribution in [0.3, 0.4) is 0 Å². The summed E-state index contributed by atoms with van der Waals surface area (Å²) in [4.78, 5) is 22.7. The third kappa shape index (κ3) is 6.98. The molecule has 0 aliphatic carbocycles. The van der Waals surface area contributed by atoms with Gasteiger partial charge in [0.05, 0.1) is 20.8 Å². The third-order valence-corrected chi connectivity index (χ3v) is 3.48. The Balaban J connectivity index is 2.59. The van der Waals surface area contributed by atoms with Crippen molar-refractivity contribution >= 4 is 40.8 Å². The highest BCUT2D eigenvalue weighted by molar-refractivity contribution is 7.80. The topological polar surface area (TPSA) is 85.9 Å². The molecule has 9 heteroatoms. The molecule has 0 unspecified atom stereocenters. The second-order valence-electron chi connectivity index (χ2n) is 4.56. The number of methoxy groups -OCH3 is 2. The highest BCUT2D eigenvalue weighted by atomic mass is 35.5. The molecule has 0 spiro atoms. The Morgan fingerprint density at radius 3 is 2.44 bits per heavy atom. The van der Waals surface area contributed by atoms with Gasteiger partial charge in [-0.25, -0.2) is 4.79 Å². The SMILES string of the molecule is CCOC(=O)/C=C/C(=O)NC(=S)NCc1cc(OC)c(OC)cc1Cl. The van der Waals surface area contributed by atoms with E-state index in [0.29, 0.717) is 22.1 Å². The van der Waals surface area contributed by atoms with Crippen molar-refractivity contribution in [2.24, 2.45) is 0 Å². The number of thiocarbonyl (C=S) groups is 1. The van der Waals surface area contributed by atoms with Gasteiger partial charge in [-0.1, -0.05) is 11.6 Å². The lowest BCUT2D eigenvalue weighted by molar-refractivity contribution is -0.137. The third-order valence-electron chi connectivity index (χ3n) is 2.89. The van der Waals surface area contributed by atoms with Crippen molar-refractivity contribution in [3.8, 4) is 11.5 Å². The molecule has 2 N–H and O–H groups in total. The molecule has 0 radical (unpaired) electrons. The van der Waals surface area contributed by atoms with Crippen molar-refractivity contribution in [3.63, 3.8) is 0 Å². The maximum Gasteiger partial charge on any atom is 0.330 e. The summed E-state index contributed by atoms with van der Waals surface area (Å²) in [6.07, 6.45) is 2.06. The smallest absolute Gasteiger partial charge is 0.330 e. The number of carbonyl (C=O) groups is 2. The van der Waals surface area contributed by atoms with Gasteiger partial charge in [-0.05, 0) is 30.8 Å². The van der Waals surface area contributed by atoms with Crippen LogP contribution in [0.25, 0.3) is 0 Å². The highest BCUT2D eigenvalue weighted by Gasteiger charge is 2.10. The lowest BCUT2D eigenvalue weighted by Gasteiger charge is -2.13. The Kier molecular flexibility index (Phi) is 8.73. The number of hydrogen-bond donors (Lipinski definition) is 2. The van der Waals surface area contributed by atoms with Gasteiger partial charge in [0.1, 0.15) is 0 Å². The fourth-order valence-corrected chi connectivity index (χ4v) is 2.13. The summed E-state index contributed by atoms with van der Waals surface area (Å²) in [5.74, 6) is -0.121. The molecule has 0 saturated heterocycles. The molecule has 0 aromatic heterocycles. The fraction of sp³-hybridized carbons (Fsp3) is 0.312. The number of hydrogen-bond acceptors (Lipinski definition) is 6. The first-order valence-electron chi connectivity index (χ1n) is 7.25. The van der Waals surface area contributed by atoms with Crippen molar-refractivity contribution in [2.75, 3.05) is 20.8 Å². The van der Waals surface area contributed by atoms with Crippen LogP contribution in [0.2, 0.25) is 5.02 Å². The number of halogens is 1. The molecule has 0 aliphatic heterocycles. The predicted molar refractivity (Wildman–Crippen MR) is 97.9 cm³/mol. The van der Waals surface area contributed by atoms with Crippen LogP contribution in [0.15, 0.2) is 24.3 Å². The largest absolute Gasteiger partial charge is 0.493 e. The Hall–Kier alpha value is -2.32. The summed E-state index contributed by atoms with van der Waals surface area (Å²) in [5, 5.41) is 5.79. The Bertz CT molecular complexity index is 679. The van der Waals surface area contributed by atoms with Crippen LogP contribution in [0.1, 0.15) is 12.5 Å².